The summed E-state index contributed by atoms with van der Waals surface area (Å²) in [5.41, 5.74) is 1.92. The van der Waals surface area contributed by atoms with Crippen LogP contribution in [-0.2, 0) is 0 Å². The molecule has 0 radical (unpaired) electrons. The fourth-order valence-corrected chi connectivity index (χ4v) is 3.40. The third-order valence-corrected chi connectivity index (χ3v) is 4.88. The number of rotatable bonds is 5. The van der Waals surface area contributed by atoms with Crippen LogP contribution in [0.1, 0.15) is 12.8 Å². The average Bonchev–Trinajstić information content (AvgIpc) is 3.15. The molecule has 25 heavy (non-hydrogen) atoms. The first-order valence-electron chi connectivity index (χ1n) is 8.78. The maximum Gasteiger partial charge on any atom is 0.162 e. The van der Waals surface area contributed by atoms with Crippen molar-refractivity contribution in [1.29, 1.82) is 0 Å². The van der Waals surface area contributed by atoms with Crippen LogP contribution >= 0.6 is 11.6 Å². The largest absolute Gasteiger partial charge is 0.368 e. The molecule has 3 aromatic rings. The number of likely N-dealkylation sites (tertiary alicyclic amines) is 1. The Balaban J connectivity index is 1.62. The molecule has 2 heterocycles. The van der Waals surface area contributed by atoms with E-state index in [1.165, 1.54) is 25.9 Å². The Morgan fingerprint density at radius 1 is 0.960 bits per heavy atom. The zero-order valence-corrected chi connectivity index (χ0v) is 14.8. The van der Waals surface area contributed by atoms with Crippen LogP contribution in [0.25, 0.3) is 22.3 Å². The van der Waals surface area contributed by atoms with Crippen molar-refractivity contribution in [2.75, 3.05) is 31.5 Å². The van der Waals surface area contributed by atoms with Crippen molar-refractivity contribution in [2.45, 2.75) is 12.8 Å². The van der Waals surface area contributed by atoms with Gasteiger partial charge in [0.05, 0.1) is 5.52 Å². The van der Waals surface area contributed by atoms with Gasteiger partial charge in [-0.15, -0.1) is 0 Å². The third kappa shape index (κ3) is 3.75. The van der Waals surface area contributed by atoms with Gasteiger partial charge in [0, 0.05) is 29.1 Å². The number of aromatic nitrogens is 2. The minimum Gasteiger partial charge on any atom is -0.368 e. The first kappa shape index (κ1) is 16.3. The van der Waals surface area contributed by atoms with E-state index in [-0.39, 0.29) is 0 Å². The maximum atomic E-state index is 6.00. The number of benzene rings is 2. The van der Waals surface area contributed by atoms with Gasteiger partial charge in [-0.25, -0.2) is 9.97 Å². The molecule has 1 aromatic heterocycles. The minimum atomic E-state index is 0.716. The molecule has 0 atom stereocenters. The van der Waals surface area contributed by atoms with Gasteiger partial charge in [-0.1, -0.05) is 23.7 Å². The van der Waals surface area contributed by atoms with Crippen molar-refractivity contribution in [3.63, 3.8) is 0 Å². The Hall–Kier alpha value is -2.17. The molecule has 0 aliphatic carbocycles. The second-order valence-corrected chi connectivity index (χ2v) is 6.83. The smallest absolute Gasteiger partial charge is 0.162 e. The van der Waals surface area contributed by atoms with E-state index in [0.717, 1.165) is 41.2 Å². The highest BCUT2D eigenvalue weighted by Crippen LogP contribution is 2.25. The van der Waals surface area contributed by atoms with Gasteiger partial charge in [-0.3, -0.25) is 0 Å². The van der Waals surface area contributed by atoms with Gasteiger partial charge in [0.25, 0.3) is 0 Å². The van der Waals surface area contributed by atoms with E-state index in [0.29, 0.717) is 5.02 Å². The van der Waals surface area contributed by atoms with Gasteiger partial charge < -0.3 is 10.2 Å². The van der Waals surface area contributed by atoms with Gasteiger partial charge >= 0.3 is 0 Å². The van der Waals surface area contributed by atoms with Gasteiger partial charge in [0.1, 0.15) is 5.82 Å². The van der Waals surface area contributed by atoms with Gasteiger partial charge in [0.15, 0.2) is 5.82 Å². The normalized spacial score (nSPS) is 14.9. The number of hydrogen-bond donors (Lipinski definition) is 1. The van der Waals surface area contributed by atoms with Crippen LogP contribution < -0.4 is 5.32 Å². The lowest BCUT2D eigenvalue weighted by Gasteiger charge is -2.16. The summed E-state index contributed by atoms with van der Waals surface area (Å²) in [5.74, 6) is 1.62. The van der Waals surface area contributed by atoms with Crippen molar-refractivity contribution >= 4 is 28.3 Å². The molecular weight excluding hydrogens is 332 g/mol. The predicted molar refractivity (Wildman–Crippen MR) is 104 cm³/mol. The van der Waals surface area contributed by atoms with Crippen molar-refractivity contribution in [1.82, 2.24) is 14.9 Å². The summed E-state index contributed by atoms with van der Waals surface area (Å²) in [6.07, 6.45) is 2.63. The zero-order chi connectivity index (χ0) is 17.1. The highest BCUT2D eigenvalue weighted by molar-refractivity contribution is 6.30. The highest BCUT2D eigenvalue weighted by atomic mass is 35.5. The molecule has 1 aliphatic rings. The average molecular weight is 353 g/mol. The number of para-hydroxylation sites is 1. The van der Waals surface area contributed by atoms with Gasteiger partial charge in [0.2, 0.25) is 0 Å². The molecule has 1 saturated heterocycles. The number of fused-ring (bicyclic) bond motifs is 1. The SMILES string of the molecule is Clc1ccc(-c2nc(NCCN3CCCC3)c3ccccc3n2)cc1. The molecule has 0 unspecified atom stereocenters. The van der Waals surface area contributed by atoms with Crippen molar-refractivity contribution < 1.29 is 0 Å². The zero-order valence-electron chi connectivity index (χ0n) is 14.1. The molecule has 128 valence electrons. The quantitative estimate of drug-likeness (QED) is 0.736. The lowest BCUT2D eigenvalue weighted by Crippen LogP contribution is -2.26. The molecular formula is C20H21ClN4. The second-order valence-electron chi connectivity index (χ2n) is 6.40. The Kier molecular flexibility index (Phi) is 4.81. The van der Waals surface area contributed by atoms with E-state index < -0.39 is 0 Å². The summed E-state index contributed by atoms with van der Waals surface area (Å²) in [6, 6.07) is 15.8. The monoisotopic (exact) mass is 352 g/mol. The van der Waals surface area contributed by atoms with Crippen LogP contribution in [0.5, 0.6) is 0 Å². The molecule has 4 nitrogen and oxygen atoms in total. The Labute approximate surface area is 152 Å². The van der Waals surface area contributed by atoms with E-state index in [1.807, 2.05) is 42.5 Å². The van der Waals surface area contributed by atoms with Crippen molar-refractivity contribution in [2.24, 2.45) is 0 Å². The lowest BCUT2D eigenvalue weighted by atomic mass is 10.2. The number of hydrogen-bond acceptors (Lipinski definition) is 4. The van der Waals surface area contributed by atoms with Crippen molar-refractivity contribution in [3.8, 4) is 11.4 Å². The predicted octanol–water partition coefficient (Wildman–Crippen LogP) is 4.46. The van der Waals surface area contributed by atoms with Gasteiger partial charge in [-0.05, 0) is 62.3 Å². The standard InChI is InChI=1S/C20H21ClN4/c21-16-9-7-15(8-10-16)19-23-18-6-2-1-5-17(18)20(24-19)22-11-14-25-12-3-4-13-25/h1-2,5-10H,3-4,11-14H2,(H,22,23,24). The van der Waals surface area contributed by atoms with E-state index in [1.54, 1.807) is 0 Å². The number of anilines is 1. The number of halogens is 1. The summed E-state index contributed by atoms with van der Waals surface area (Å²) >= 11 is 6.00. The third-order valence-electron chi connectivity index (χ3n) is 4.62. The van der Waals surface area contributed by atoms with Crippen LogP contribution in [0.15, 0.2) is 48.5 Å². The molecule has 2 aromatic carbocycles. The fourth-order valence-electron chi connectivity index (χ4n) is 3.28. The maximum absolute atomic E-state index is 6.00. The van der Waals surface area contributed by atoms with E-state index in [2.05, 4.69) is 16.3 Å². The lowest BCUT2D eigenvalue weighted by molar-refractivity contribution is 0.352. The summed E-state index contributed by atoms with van der Waals surface area (Å²) in [5, 5.41) is 5.29. The topological polar surface area (TPSA) is 41.1 Å². The van der Waals surface area contributed by atoms with Crippen LogP contribution in [-0.4, -0.2) is 41.0 Å². The summed E-state index contributed by atoms with van der Waals surface area (Å²) in [4.78, 5) is 12.0. The second kappa shape index (κ2) is 7.38. The van der Waals surface area contributed by atoms with Crippen LogP contribution in [0.2, 0.25) is 5.02 Å². The molecule has 1 N–H and O–H groups in total. The molecule has 0 saturated carbocycles. The van der Waals surface area contributed by atoms with Crippen LogP contribution in [0.3, 0.4) is 0 Å². The molecule has 1 fully saturated rings. The Bertz CT molecular complexity index is 857. The summed E-state index contributed by atoms with van der Waals surface area (Å²) in [7, 11) is 0. The Morgan fingerprint density at radius 3 is 2.52 bits per heavy atom. The fraction of sp³-hybridized carbons (Fsp3) is 0.300. The van der Waals surface area contributed by atoms with Gasteiger partial charge in [-0.2, -0.15) is 0 Å². The number of nitrogens with zero attached hydrogens (tertiary/aromatic N) is 3. The molecule has 0 bridgehead atoms. The first-order valence-corrected chi connectivity index (χ1v) is 9.16. The highest BCUT2D eigenvalue weighted by Gasteiger charge is 2.12. The van der Waals surface area contributed by atoms with E-state index >= 15 is 0 Å². The first-order chi connectivity index (χ1) is 12.3. The molecule has 1 aliphatic heterocycles. The van der Waals surface area contributed by atoms with Crippen molar-refractivity contribution in [3.05, 3.63) is 53.6 Å². The van der Waals surface area contributed by atoms with E-state index in [9.17, 15) is 0 Å². The molecule has 5 heteroatoms. The molecule has 4 rings (SSSR count). The van der Waals surface area contributed by atoms with Crippen LogP contribution in [0.4, 0.5) is 5.82 Å². The minimum absolute atomic E-state index is 0.716. The summed E-state index contributed by atoms with van der Waals surface area (Å²) in [6.45, 7) is 4.36. The molecule has 0 amide bonds. The molecule has 0 spiro atoms. The Morgan fingerprint density at radius 2 is 1.72 bits per heavy atom. The summed E-state index contributed by atoms with van der Waals surface area (Å²) < 4.78 is 0. The van der Waals surface area contributed by atoms with E-state index in [4.69, 9.17) is 21.6 Å². The number of nitrogens with one attached hydrogen (secondary N) is 1. The van der Waals surface area contributed by atoms with Crippen LogP contribution in [0, 0.1) is 0 Å².